The van der Waals surface area contributed by atoms with Crippen LogP contribution in [0.2, 0.25) is 0 Å². The first-order valence-corrected chi connectivity index (χ1v) is 9.02. The Labute approximate surface area is 152 Å². The number of rotatable bonds is 3. The maximum Gasteiger partial charge on any atom is 0.226 e. The van der Waals surface area contributed by atoms with Crippen LogP contribution in [0.25, 0.3) is 0 Å². The van der Waals surface area contributed by atoms with Gasteiger partial charge in [-0.2, -0.15) is 0 Å². The summed E-state index contributed by atoms with van der Waals surface area (Å²) in [5, 5.41) is 3.01. The zero-order valence-corrected chi connectivity index (χ0v) is 15.9. The molecule has 0 unspecified atom stereocenters. The van der Waals surface area contributed by atoms with Crippen LogP contribution < -0.4 is 5.32 Å². The van der Waals surface area contributed by atoms with E-state index in [9.17, 15) is 4.79 Å². The van der Waals surface area contributed by atoms with Crippen LogP contribution >= 0.6 is 15.9 Å². The summed E-state index contributed by atoms with van der Waals surface area (Å²) in [5.74, 6) is 0.0432. The number of likely N-dealkylation sites (N-methyl/N-ethyl adjacent to an activating group) is 1. The molecule has 0 saturated heterocycles. The Morgan fingerprint density at radius 2 is 1.88 bits per heavy atom. The van der Waals surface area contributed by atoms with Crippen molar-refractivity contribution in [3.8, 4) is 0 Å². The fraction of sp³-hybridized carbons (Fsp3) is 0.350. The van der Waals surface area contributed by atoms with Gasteiger partial charge >= 0.3 is 0 Å². The maximum atomic E-state index is 12.6. The summed E-state index contributed by atoms with van der Waals surface area (Å²) in [6.07, 6.45) is 1.46. The summed E-state index contributed by atoms with van der Waals surface area (Å²) in [4.78, 5) is 14.9. The average molecular weight is 387 g/mol. The van der Waals surface area contributed by atoms with E-state index in [0.29, 0.717) is 6.42 Å². The predicted octanol–water partition coefficient (Wildman–Crippen LogP) is 4.79. The van der Waals surface area contributed by atoms with Crippen molar-refractivity contribution in [3.05, 3.63) is 64.1 Å². The Hall–Kier alpha value is -1.65. The van der Waals surface area contributed by atoms with E-state index in [1.165, 1.54) is 11.1 Å². The minimum Gasteiger partial charge on any atom is -0.326 e. The topological polar surface area (TPSA) is 32.3 Å². The number of anilines is 1. The molecule has 2 aromatic rings. The van der Waals surface area contributed by atoms with Crippen molar-refractivity contribution in [2.24, 2.45) is 0 Å². The quantitative estimate of drug-likeness (QED) is 0.822. The van der Waals surface area contributed by atoms with Crippen LogP contribution in [0, 0.1) is 0 Å². The number of carbonyl (C=O) groups excluding carboxylic acids is 1. The van der Waals surface area contributed by atoms with Gasteiger partial charge < -0.3 is 5.32 Å². The predicted molar refractivity (Wildman–Crippen MR) is 102 cm³/mol. The highest BCUT2D eigenvalue weighted by atomic mass is 79.9. The van der Waals surface area contributed by atoms with Gasteiger partial charge in [-0.25, -0.2) is 0 Å². The smallest absolute Gasteiger partial charge is 0.226 e. The first-order chi connectivity index (χ1) is 11.4. The van der Waals surface area contributed by atoms with Crippen molar-refractivity contribution in [2.45, 2.75) is 38.3 Å². The molecule has 4 heteroatoms. The fourth-order valence-electron chi connectivity index (χ4n) is 3.41. The van der Waals surface area contributed by atoms with Gasteiger partial charge in [-0.1, -0.05) is 40.2 Å². The lowest BCUT2D eigenvalue weighted by Crippen LogP contribution is -2.49. The SMILES string of the molecule is CN1[C@H](CC(=O)Nc2ccc(Br)cc2)c2ccccc2CC1(C)C. The number of hydrogen-bond donors (Lipinski definition) is 1. The highest BCUT2D eigenvalue weighted by Gasteiger charge is 2.37. The van der Waals surface area contributed by atoms with Crippen LogP contribution in [0.4, 0.5) is 5.69 Å². The molecule has 0 fully saturated rings. The van der Waals surface area contributed by atoms with Crippen LogP contribution in [0.3, 0.4) is 0 Å². The van der Waals surface area contributed by atoms with Crippen LogP contribution in [0.15, 0.2) is 53.0 Å². The third-order valence-corrected chi connectivity index (χ3v) is 5.49. The zero-order valence-electron chi connectivity index (χ0n) is 14.3. The molecule has 0 aliphatic carbocycles. The van der Waals surface area contributed by atoms with E-state index < -0.39 is 0 Å². The van der Waals surface area contributed by atoms with Gasteiger partial charge in [0.05, 0.1) is 0 Å². The number of amides is 1. The number of nitrogens with one attached hydrogen (secondary N) is 1. The van der Waals surface area contributed by atoms with E-state index in [-0.39, 0.29) is 17.5 Å². The minimum absolute atomic E-state index is 0.0386. The Balaban J connectivity index is 1.80. The van der Waals surface area contributed by atoms with E-state index in [1.807, 2.05) is 24.3 Å². The standard InChI is InChI=1S/C20H23BrN2O/c1-20(2)13-14-6-4-5-7-17(14)18(23(20)3)12-19(24)22-16-10-8-15(21)9-11-16/h4-11,18H,12-13H2,1-3H3,(H,22,24)/t18-/m1/s1. The Kier molecular flexibility index (Phi) is 4.79. The van der Waals surface area contributed by atoms with Crippen LogP contribution in [-0.2, 0) is 11.2 Å². The summed E-state index contributed by atoms with van der Waals surface area (Å²) in [7, 11) is 2.12. The molecule has 1 aliphatic rings. The highest BCUT2D eigenvalue weighted by molar-refractivity contribution is 9.10. The molecule has 0 radical (unpaired) electrons. The summed E-state index contributed by atoms with van der Waals surface area (Å²) in [6.45, 7) is 4.48. The summed E-state index contributed by atoms with van der Waals surface area (Å²) < 4.78 is 1.00. The van der Waals surface area contributed by atoms with E-state index in [4.69, 9.17) is 0 Å². The van der Waals surface area contributed by atoms with Crippen LogP contribution in [0.1, 0.15) is 37.4 Å². The zero-order chi connectivity index (χ0) is 17.3. The Bertz CT molecular complexity index is 740. The van der Waals surface area contributed by atoms with E-state index in [1.54, 1.807) is 0 Å². The van der Waals surface area contributed by atoms with Gasteiger partial charge in [0.15, 0.2) is 0 Å². The van der Waals surface area contributed by atoms with Gasteiger partial charge in [0.25, 0.3) is 0 Å². The van der Waals surface area contributed by atoms with E-state index in [0.717, 1.165) is 16.6 Å². The van der Waals surface area contributed by atoms with Gasteiger partial charge in [0.1, 0.15) is 0 Å². The van der Waals surface area contributed by atoms with Gasteiger partial charge in [-0.3, -0.25) is 9.69 Å². The molecule has 1 N–H and O–H groups in total. The number of halogens is 1. The first kappa shape index (κ1) is 17.2. The lowest BCUT2D eigenvalue weighted by Gasteiger charge is -2.46. The largest absolute Gasteiger partial charge is 0.326 e. The molecule has 24 heavy (non-hydrogen) atoms. The molecule has 3 rings (SSSR count). The average Bonchev–Trinajstić information content (AvgIpc) is 2.54. The molecule has 0 spiro atoms. The second-order valence-electron chi connectivity index (χ2n) is 7.07. The summed E-state index contributed by atoms with van der Waals surface area (Å²) in [5.41, 5.74) is 3.48. The molecule has 2 aromatic carbocycles. The molecule has 1 amide bonds. The van der Waals surface area contributed by atoms with Gasteiger partial charge in [-0.05, 0) is 62.7 Å². The minimum atomic E-state index is 0.0386. The second-order valence-corrected chi connectivity index (χ2v) is 7.99. The van der Waals surface area contributed by atoms with Gasteiger partial charge in [0, 0.05) is 28.2 Å². The van der Waals surface area contributed by atoms with E-state index in [2.05, 4.69) is 71.3 Å². The molecule has 126 valence electrons. The van der Waals surface area contributed by atoms with Crippen molar-refractivity contribution in [3.63, 3.8) is 0 Å². The third kappa shape index (κ3) is 3.55. The molecule has 3 nitrogen and oxygen atoms in total. The number of hydrogen-bond acceptors (Lipinski definition) is 2. The van der Waals surface area contributed by atoms with Crippen molar-refractivity contribution < 1.29 is 4.79 Å². The Morgan fingerprint density at radius 3 is 2.58 bits per heavy atom. The summed E-state index contributed by atoms with van der Waals surface area (Å²) in [6, 6.07) is 16.3. The maximum absolute atomic E-state index is 12.6. The van der Waals surface area contributed by atoms with E-state index >= 15 is 0 Å². The third-order valence-electron chi connectivity index (χ3n) is 4.97. The number of fused-ring (bicyclic) bond motifs is 1. The number of carbonyl (C=O) groups is 1. The molecule has 1 aliphatic heterocycles. The van der Waals surface area contributed by atoms with Gasteiger partial charge in [-0.15, -0.1) is 0 Å². The van der Waals surface area contributed by atoms with Crippen LogP contribution in [-0.4, -0.2) is 23.4 Å². The number of benzene rings is 2. The fourth-order valence-corrected chi connectivity index (χ4v) is 3.67. The molecule has 0 bridgehead atoms. The lowest BCUT2D eigenvalue weighted by molar-refractivity contribution is -0.118. The summed E-state index contributed by atoms with van der Waals surface area (Å²) >= 11 is 3.41. The van der Waals surface area contributed by atoms with Gasteiger partial charge in [0.2, 0.25) is 5.91 Å². The molecule has 0 saturated carbocycles. The monoisotopic (exact) mass is 386 g/mol. The molecular weight excluding hydrogens is 364 g/mol. The van der Waals surface area contributed by atoms with Crippen molar-refractivity contribution in [2.75, 3.05) is 12.4 Å². The Morgan fingerprint density at radius 1 is 1.21 bits per heavy atom. The lowest BCUT2D eigenvalue weighted by atomic mass is 9.81. The molecule has 0 aromatic heterocycles. The molecule has 1 heterocycles. The molecule has 1 atom stereocenters. The normalized spacial score (nSPS) is 19.6. The van der Waals surface area contributed by atoms with Crippen molar-refractivity contribution in [1.82, 2.24) is 4.90 Å². The van der Waals surface area contributed by atoms with Crippen molar-refractivity contribution in [1.29, 1.82) is 0 Å². The second kappa shape index (κ2) is 6.69. The number of nitrogens with zero attached hydrogens (tertiary/aromatic N) is 1. The molecular formula is C20H23BrN2O. The van der Waals surface area contributed by atoms with Crippen LogP contribution in [0.5, 0.6) is 0 Å². The first-order valence-electron chi connectivity index (χ1n) is 8.23. The van der Waals surface area contributed by atoms with Crippen molar-refractivity contribution >= 4 is 27.5 Å². The highest BCUT2D eigenvalue weighted by Crippen LogP contribution is 2.39.